The number of methoxy groups -OCH3 is 1. The molecule has 2 fully saturated rings. The summed E-state index contributed by atoms with van der Waals surface area (Å²) in [5, 5.41) is 22.1. The van der Waals surface area contributed by atoms with E-state index >= 15 is 0 Å². The van der Waals surface area contributed by atoms with E-state index in [-0.39, 0.29) is 17.7 Å². The summed E-state index contributed by atoms with van der Waals surface area (Å²) in [5.41, 5.74) is 2.75. The van der Waals surface area contributed by atoms with E-state index in [1.807, 2.05) is 12.1 Å². The third kappa shape index (κ3) is 3.90. The van der Waals surface area contributed by atoms with Gasteiger partial charge < -0.3 is 19.9 Å². The van der Waals surface area contributed by atoms with Crippen molar-refractivity contribution < 1.29 is 19.0 Å². The molecular weight excluding hydrogens is 399 g/mol. The Hall–Kier alpha value is -3.26. The minimum atomic E-state index is -1.05. The van der Waals surface area contributed by atoms with Crippen LogP contribution in [0.5, 0.6) is 17.5 Å². The van der Waals surface area contributed by atoms with E-state index < -0.39 is 12.3 Å². The fraction of sp³-hybridized carbons (Fsp3) is 0.348. The molecule has 1 aromatic carbocycles. The van der Waals surface area contributed by atoms with Gasteiger partial charge in [-0.25, -0.2) is 9.37 Å². The van der Waals surface area contributed by atoms with Crippen molar-refractivity contribution in [3.8, 4) is 39.9 Å². The maximum Gasteiger partial charge on any atom is 0.233 e. The molecule has 0 amide bonds. The molecule has 0 spiro atoms. The number of aromatic nitrogens is 3. The zero-order valence-electron chi connectivity index (χ0n) is 17.0. The Kier molecular flexibility index (Phi) is 5.15. The number of ether oxygens (including phenoxy) is 2. The summed E-state index contributed by atoms with van der Waals surface area (Å²) < 4.78 is 25.5. The van der Waals surface area contributed by atoms with Crippen LogP contribution in [0.25, 0.3) is 22.4 Å². The molecule has 0 saturated carbocycles. The summed E-state index contributed by atoms with van der Waals surface area (Å²) in [6, 6.07) is 12.5. The first-order chi connectivity index (χ1) is 15.1. The fourth-order valence-electron chi connectivity index (χ4n) is 4.38. The van der Waals surface area contributed by atoms with Crippen LogP contribution in [0.1, 0.15) is 19.3 Å². The number of aromatic hydroxyl groups is 1. The highest BCUT2D eigenvalue weighted by Crippen LogP contribution is 2.34. The van der Waals surface area contributed by atoms with Gasteiger partial charge in [0.15, 0.2) is 6.17 Å². The number of phenols is 1. The molecule has 8 heteroatoms. The molecule has 31 heavy (non-hydrogen) atoms. The summed E-state index contributed by atoms with van der Waals surface area (Å²) in [6.07, 6.45) is 2.55. The molecule has 2 aliphatic heterocycles. The summed E-state index contributed by atoms with van der Waals surface area (Å²) in [6.45, 7) is 0. The minimum absolute atomic E-state index is 0.0787. The number of phenolic OH excluding ortho intramolecular Hbond substituents is 1. The molecule has 2 unspecified atom stereocenters. The Morgan fingerprint density at radius 2 is 1.90 bits per heavy atom. The van der Waals surface area contributed by atoms with Crippen molar-refractivity contribution >= 4 is 0 Å². The zero-order chi connectivity index (χ0) is 21.4. The standard InChI is InChI=1S/C23H23FN4O3/c1-30-22-11-14(8-9-25-22)13-2-4-16(19(29)10-13)17-6-7-21(28-27-17)31-20-12-15-3-5-18(26-15)23(20)24/h2,4,6-11,15,18,20,23,26,29H,3,5,12H2,1H3/t15?,18?,20-,23+/m0/s1. The van der Waals surface area contributed by atoms with Gasteiger partial charge in [-0.1, -0.05) is 6.07 Å². The number of halogens is 1. The van der Waals surface area contributed by atoms with Gasteiger partial charge in [-0.05, 0) is 48.2 Å². The SMILES string of the molecule is COc1cc(-c2ccc(-c3ccc(O[C@H]4CC5CCC(N5)[C@H]4F)nn3)c(O)c2)ccn1. The highest BCUT2D eigenvalue weighted by atomic mass is 19.1. The quantitative estimate of drug-likeness (QED) is 0.650. The van der Waals surface area contributed by atoms with Crippen molar-refractivity contribution in [3.63, 3.8) is 0 Å². The van der Waals surface area contributed by atoms with Crippen LogP contribution in [0.3, 0.4) is 0 Å². The molecular formula is C23H23FN4O3. The molecule has 2 bridgehead atoms. The first kappa shape index (κ1) is 19.7. The Balaban J connectivity index is 1.32. The van der Waals surface area contributed by atoms with Gasteiger partial charge >= 0.3 is 0 Å². The highest BCUT2D eigenvalue weighted by Gasteiger charge is 2.43. The van der Waals surface area contributed by atoms with Crippen LogP contribution < -0.4 is 14.8 Å². The Morgan fingerprint density at radius 3 is 2.68 bits per heavy atom. The lowest BCUT2D eigenvalue weighted by Crippen LogP contribution is -2.51. The van der Waals surface area contributed by atoms with Crippen LogP contribution >= 0.6 is 0 Å². The predicted molar refractivity (Wildman–Crippen MR) is 113 cm³/mol. The summed E-state index contributed by atoms with van der Waals surface area (Å²) in [5.74, 6) is 0.868. The first-order valence-electron chi connectivity index (χ1n) is 10.3. The average molecular weight is 422 g/mol. The number of alkyl halides is 1. The second-order valence-corrected chi connectivity index (χ2v) is 7.96. The molecule has 5 rings (SSSR count). The largest absolute Gasteiger partial charge is 0.507 e. The van der Waals surface area contributed by atoms with Crippen LogP contribution in [-0.2, 0) is 0 Å². The van der Waals surface area contributed by atoms with Crippen LogP contribution in [0.2, 0.25) is 0 Å². The molecule has 160 valence electrons. The number of piperidine rings is 1. The summed E-state index contributed by atoms with van der Waals surface area (Å²) in [7, 11) is 1.56. The topological polar surface area (TPSA) is 89.4 Å². The maximum absolute atomic E-state index is 14.6. The van der Waals surface area contributed by atoms with E-state index in [9.17, 15) is 9.50 Å². The molecule has 2 aromatic heterocycles. The molecule has 4 atom stereocenters. The number of hydrogen-bond donors (Lipinski definition) is 2. The maximum atomic E-state index is 14.6. The van der Waals surface area contributed by atoms with Crippen molar-refractivity contribution in [2.75, 3.05) is 7.11 Å². The summed E-state index contributed by atoms with van der Waals surface area (Å²) in [4.78, 5) is 4.10. The predicted octanol–water partition coefficient (Wildman–Crippen LogP) is 3.53. The number of nitrogens with zero attached hydrogens (tertiary/aromatic N) is 3. The Labute approximate surface area is 179 Å². The van der Waals surface area contributed by atoms with E-state index in [1.54, 1.807) is 43.6 Å². The third-order valence-corrected chi connectivity index (χ3v) is 6.00. The highest BCUT2D eigenvalue weighted by molar-refractivity contribution is 5.74. The van der Waals surface area contributed by atoms with Crippen LogP contribution in [0, 0.1) is 0 Å². The number of benzene rings is 1. The molecule has 0 aliphatic carbocycles. The second kappa shape index (κ2) is 8.11. The smallest absolute Gasteiger partial charge is 0.233 e. The zero-order valence-corrected chi connectivity index (χ0v) is 17.0. The van der Waals surface area contributed by atoms with Gasteiger partial charge in [0, 0.05) is 42.4 Å². The van der Waals surface area contributed by atoms with Crippen molar-refractivity contribution in [2.45, 2.75) is 43.6 Å². The lowest BCUT2D eigenvalue weighted by Gasteiger charge is -2.32. The monoisotopic (exact) mass is 422 g/mol. The number of pyridine rings is 1. The third-order valence-electron chi connectivity index (χ3n) is 6.00. The summed E-state index contributed by atoms with van der Waals surface area (Å²) >= 11 is 0. The number of hydrogen-bond acceptors (Lipinski definition) is 7. The van der Waals surface area contributed by atoms with Gasteiger partial charge in [-0.3, -0.25) is 0 Å². The lowest BCUT2D eigenvalue weighted by atomic mass is 10.0. The van der Waals surface area contributed by atoms with Crippen LogP contribution in [0.15, 0.2) is 48.7 Å². The molecule has 2 saturated heterocycles. The van der Waals surface area contributed by atoms with E-state index in [0.29, 0.717) is 29.6 Å². The van der Waals surface area contributed by atoms with Gasteiger partial charge in [0.2, 0.25) is 11.8 Å². The number of nitrogens with one attached hydrogen (secondary N) is 1. The van der Waals surface area contributed by atoms with Crippen molar-refractivity contribution in [3.05, 3.63) is 48.7 Å². The van der Waals surface area contributed by atoms with E-state index in [2.05, 4.69) is 20.5 Å². The van der Waals surface area contributed by atoms with Gasteiger partial charge in [0.1, 0.15) is 11.9 Å². The number of fused-ring (bicyclic) bond motifs is 2. The van der Waals surface area contributed by atoms with Crippen molar-refractivity contribution in [1.82, 2.24) is 20.5 Å². The molecule has 0 radical (unpaired) electrons. The normalized spacial score (nSPS) is 24.7. The van der Waals surface area contributed by atoms with E-state index in [0.717, 1.165) is 24.0 Å². The molecule has 4 heterocycles. The Morgan fingerprint density at radius 1 is 1.03 bits per heavy atom. The average Bonchev–Trinajstić information content (AvgIpc) is 3.21. The number of rotatable bonds is 5. The second-order valence-electron chi connectivity index (χ2n) is 7.96. The molecule has 2 aliphatic rings. The Bertz CT molecular complexity index is 1080. The lowest BCUT2D eigenvalue weighted by molar-refractivity contribution is 0.0422. The van der Waals surface area contributed by atoms with Gasteiger partial charge in [-0.2, -0.15) is 0 Å². The van der Waals surface area contributed by atoms with Crippen LogP contribution in [-0.4, -0.2) is 51.8 Å². The van der Waals surface area contributed by atoms with Crippen molar-refractivity contribution in [2.24, 2.45) is 0 Å². The van der Waals surface area contributed by atoms with Gasteiger partial charge in [0.05, 0.1) is 12.8 Å². The fourth-order valence-corrected chi connectivity index (χ4v) is 4.38. The molecule has 3 aromatic rings. The van der Waals surface area contributed by atoms with E-state index in [4.69, 9.17) is 9.47 Å². The van der Waals surface area contributed by atoms with Gasteiger partial charge in [-0.15, -0.1) is 10.2 Å². The minimum Gasteiger partial charge on any atom is -0.507 e. The molecule has 7 nitrogen and oxygen atoms in total. The molecule has 2 N–H and O–H groups in total. The van der Waals surface area contributed by atoms with Crippen molar-refractivity contribution in [1.29, 1.82) is 0 Å². The van der Waals surface area contributed by atoms with E-state index in [1.165, 1.54) is 0 Å². The first-order valence-corrected chi connectivity index (χ1v) is 10.3. The van der Waals surface area contributed by atoms with Gasteiger partial charge in [0.25, 0.3) is 0 Å². The van der Waals surface area contributed by atoms with Crippen LogP contribution in [0.4, 0.5) is 4.39 Å².